The molecule has 0 radical (unpaired) electrons. The molecule has 108 valence electrons. The fraction of sp³-hybridized carbons (Fsp3) is 0.538. The Bertz CT molecular complexity index is 382. The number of benzene rings is 1. The van der Waals surface area contributed by atoms with Gasteiger partial charge in [-0.2, -0.15) is 0 Å². The van der Waals surface area contributed by atoms with Crippen LogP contribution >= 0.6 is 0 Å². The topological polar surface area (TPSA) is 30.5 Å². The number of alkyl halides is 3. The van der Waals surface area contributed by atoms with E-state index in [2.05, 4.69) is 10.1 Å². The van der Waals surface area contributed by atoms with Crippen molar-refractivity contribution >= 4 is 0 Å². The molecule has 1 aromatic rings. The molecule has 0 aliphatic rings. The van der Waals surface area contributed by atoms with Crippen LogP contribution in [0.5, 0.6) is 11.5 Å². The van der Waals surface area contributed by atoms with Gasteiger partial charge in [-0.1, -0.05) is 26.0 Å². The average molecular weight is 277 g/mol. The monoisotopic (exact) mass is 277 g/mol. The van der Waals surface area contributed by atoms with Crippen LogP contribution in [0.2, 0.25) is 0 Å². The van der Waals surface area contributed by atoms with Gasteiger partial charge in [-0.25, -0.2) is 0 Å². The van der Waals surface area contributed by atoms with Crippen molar-refractivity contribution in [2.24, 2.45) is 0 Å². The van der Waals surface area contributed by atoms with Gasteiger partial charge < -0.3 is 14.8 Å². The molecule has 1 aromatic carbocycles. The number of ether oxygens (including phenoxy) is 2. The fourth-order valence-electron chi connectivity index (χ4n) is 1.51. The molecule has 0 spiro atoms. The molecule has 0 amide bonds. The summed E-state index contributed by atoms with van der Waals surface area (Å²) in [5.41, 5.74) is 0. The van der Waals surface area contributed by atoms with Crippen molar-refractivity contribution in [3.05, 3.63) is 24.3 Å². The van der Waals surface area contributed by atoms with Gasteiger partial charge >= 0.3 is 6.36 Å². The summed E-state index contributed by atoms with van der Waals surface area (Å²) >= 11 is 0. The Hall–Kier alpha value is -1.43. The summed E-state index contributed by atoms with van der Waals surface area (Å²) in [7, 11) is 0. The molecule has 19 heavy (non-hydrogen) atoms. The van der Waals surface area contributed by atoms with Crippen LogP contribution in [0, 0.1) is 0 Å². The van der Waals surface area contributed by atoms with Crippen molar-refractivity contribution in [2.75, 3.05) is 13.1 Å². The quantitative estimate of drug-likeness (QED) is 0.829. The van der Waals surface area contributed by atoms with Crippen molar-refractivity contribution in [3.8, 4) is 11.5 Å². The van der Waals surface area contributed by atoms with Gasteiger partial charge in [0.15, 0.2) is 11.5 Å². The van der Waals surface area contributed by atoms with E-state index in [0.717, 1.165) is 6.54 Å². The Morgan fingerprint density at radius 2 is 1.79 bits per heavy atom. The predicted octanol–water partition coefficient (Wildman–Crippen LogP) is 3.35. The van der Waals surface area contributed by atoms with E-state index in [9.17, 15) is 13.2 Å². The first kappa shape index (κ1) is 15.6. The lowest BCUT2D eigenvalue weighted by atomic mass is 10.2. The first-order valence-corrected chi connectivity index (χ1v) is 6.18. The van der Waals surface area contributed by atoms with Gasteiger partial charge in [-0.05, 0) is 25.1 Å². The summed E-state index contributed by atoms with van der Waals surface area (Å²) in [4.78, 5) is 0. The normalized spacial score (nSPS) is 13.1. The van der Waals surface area contributed by atoms with Gasteiger partial charge in [0.1, 0.15) is 6.10 Å². The molecule has 0 aliphatic carbocycles. The Kier molecular flexibility index (Phi) is 5.95. The van der Waals surface area contributed by atoms with Gasteiger partial charge in [0.05, 0.1) is 0 Å². The number of hydrogen-bond acceptors (Lipinski definition) is 3. The number of halogens is 3. The molecule has 1 rings (SSSR count). The lowest BCUT2D eigenvalue weighted by Crippen LogP contribution is -2.31. The van der Waals surface area contributed by atoms with Crippen molar-refractivity contribution in [1.82, 2.24) is 5.32 Å². The maximum absolute atomic E-state index is 12.3. The number of para-hydroxylation sites is 2. The maximum Gasteiger partial charge on any atom is 0.573 e. The van der Waals surface area contributed by atoms with E-state index >= 15 is 0 Å². The third-order valence-corrected chi connectivity index (χ3v) is 2.45. The highest BCUT2D eigenvalue weighted by Gasteiger charge is 2.32. The summed E-state index contributed by atoms with van der Waals surface area (Å²) < 4.78 is 46.3. The van der Waals surface area contributed by atoms with Gasteiger partial charge in [0, 0.05) is 6.54 Å². The summed E-state index contributed by atoms with van der Waals surface area (Å²) in [5, 5.41) is 3.10. The second kappa shape index (κ2) is 7.23. The second-order valence-corrected chi connectivity index (χ2v) is 3.95. The number of nitrogens with one attached hydrogen (secondary N) is 1. The van der Waals surface area contributed by atoms with Crippen LogP contribution in [0.3, 0.4) is 0 Å². The molecule has 0 aromatic heterocycles. The van der Waals surface area contributed by atoms with Crippen LogP contribution in [0.15, 0.2) is 24.3 Å². The van der Waals surface area contributed by atoms with Crippen LogP contribution < -0.4 is 14.8 Å². The fourth-order valence-corrected chi connectivity index (χ4v) is 1.51. The lowest BCUT2D eigenvalue weighted by Gasteiger charge is -2.20. The maximum atomic E-state index is 12.3. The van der Waals surface area contributed by atoms with Gasteiger partial charge in [-0.3, -0.25) is 0 Å². The Morgan fingerprint density at radius 3 is 2.32 bits per heavy atom. The van der Waals surface area contributed by atoms with Crippen LogP contribution in [-0.2, 0) is 0 Å². The minimum atomic E-state index is -4.72. The predicted molar refractivity (Wildman–Crippen MR) is 66.4 cm³/mol. The zero-order valence-electron chi connectivity index (χ0n) is 11.0. The minimum absolute atomic E-state index is 0.101. The molecule has 0 aliphatic heterocycles. The van der Waals surface area contributed by atoms with Crippen molar-refractivity contribution < 1.29 is 22.6 Å². The minimum Gasteiger partial charge on any atom is -0.485 e. The highest BCUT2D eigenvalue weighted by molar-refractivity contribution is 5.39. The molecule has 1 N–H and O–H groups in total. The van der Waals surface area contributed by atoms with Crippen LogP contribution in [-0.4, -0.2) is 25.6 Å². The van der Waals surface area contributed by atoms with E-state index in [0.29, 0.717) is 13.0 Å². The van der Waals surface area contributed by atoms with Crippen molar-refractivity contribution in [3.63, 3.8) is 0 Å². The van der Waals surface area contributed by atoms with E-state index in [-0.39, 0.29) is 17.6 Å². The molecule has 0 bridgehead atoms. The molecule has 6 heteroatoms. The van der Waals surface area contributed by atoms with Gasteiger partial charge in [-0.15, -0.1) is 13.2 Å². The summed E-state index contributed by atoms with van der Waals surface area (Å²) in [6.07, 6.45) is -4.23. The van der Waals surface area contributed by atoms with Gasteiger partial charge in [0.2, 0.25) is 0 Å². The summed E-state index contributed by atoms with van der Waals surface area (Å²) in [5.74, 6) is -0.213. The van der Waals surface area contributed by atoms with E-state index in [1.807, 2.05) is 13.8 Å². The molecule has 0 heterocycles. The standard InChI is InChI=1S/C13H18F3NO2/c1-3-10(9-17-4-2)18-11-7-5-6-8-12(11)19-13(14,15)16/h5-8,10,17H,3-4,9H2,1-2H3. The average Bonchev–Trinajstić information content (AvgIpc) is 2.34. The number of rotatable bonds is 7. The van der Waals surface area contributed by atoms with E-state index in [1.165, 1.54) is 18.2 Å². The number of likely N-dealkylation sites (N-methyl/N-ethyl adjacent to an activating group) is 1. The first-order chi connectivity index (χ1) is 8.96. The SMILES string of the molecule is CCNCC(CC)Oc1ccccc1OC(F)(F)F. The molecular formula is C13H18F3NO2. The van der Waals surface area contributed by atoms with E-state index < -0.39 is 6.36 Å². The van der Waals surface area contributed by atoms with Crippen molar-refractivity contribution in [2.45, 2.75) is 32.7 Å². The third-order valence-electron chi connectivity index (χ3n) is 2.45. The highest BCUT2D eigenvalue weighted by Crippen LogP contribution is 2.32. The number of hydrogen-bond donors (Lipinski definition) is 1. The highest BCUT2D eigenvalue weighted by atomic mass is 19.4. The van der Waals surface area contributed by atoms with E-state index in [4.69, 9.17) is 4.74 Å². The zero-order valence-corrected chi connectivity index (χ0v) is 11.0. The van der Waals surface area contributed by atoms with Crippen LogP contribution in [0.25, 0.3) is 0 Å². The Labute approximate surface area is 110 Å². The van der Waals surface area contributed by atoms with Crippen LogP contribution in [0.1, 0.15) is 20.3 Å². The molecule has 0 saturated heterocycles. The van der Waals surface area contributed by atoms with Crippen LogP contribution in [0.4, 0.5) is 13.2 Å². The Morgan fingerprint density at radius 1 is 1.16 bits per heavy atom. The molecule has 1 atom stereocenters. The van der Waals surface area contributed by atoms with E-state index in [1.54, 1.807) is 6.07 Å². The zero-order chi connectivity index (χ0) is 14.3. The smallest absolute Gasteiger partial charge is 0.485 e. The molecule has 0 saturated carbocycles. The third kappa shape index (κ3) is 5.83. The Balaban J connectivity index is 2.76. The largest absolute Gasteiger partial charge is 0.573 e. The summed E-state index contributed by atoms with van der Waals surface area (Å²) in [6, 6.07) is 5.79. The first-order valence-electron chi connectivity index (χ1n) is 6.18. The lowest BCUT2D eigenvalue weighted by molar-refractivity contribution is -0.275. The summed E-state index contributed by atoms with van der Waals surface area (Å²) in [6.45, 7) is 5.22. The molecule has 3 nitrogen and oxygen atoms in total. The van der Waals surface area contributed by atoms with Crippen molar-refractivity contribution in [1.29, 1.82) is 0 Å². The molecular weight excluding hydrogens is 259 g/mol. The second-order valence-electron chi connectivity index (χ2n) is 3.95. The van der Waals surface area contributed by atoms with Gasteiger partial charge in [0.25, 0.3) is 0 Å². The molecule has 1 unspecified atom stereocenters. The molecule has 0 fully saturated rings.